The van der Waals surface area contributed by atoms with Crippen molar-refractivity contribution in [3.8, 4) is 0 Å². The summed E-state index contributed by atoms with van der Waals surface area (Å²) in [6, 6.07) is 4.03. The number of nitrogens with zero attached hydrogens (tertiary/aromatic N) is 3. The van der Waals surface area contributed by atoms with E-state index in [9.17, 15) is 23.1 Å². The number of anilines is 1. The highest BCUT2D eigenvalue weighted by molar-refractivity contribution is 8.00. The van der Waals surface area contributed by atoms with Crippen LogP contribution in [-0.2, 0) is 30.9 Å². The Morgan fingerprint density at radius 3 is 2.78 bits per heavy atom. The molecule has 1 fully saturated rings. The summed E-state index contributed by atoms with van der Waals surface area (Å²) in [6.45, 7) is 1.50. The van der Waals surface area contributed by atoms with Crippen LogP contribution in [0.1, 0.15) is 16.8 Å². The average Bonchev–Trinajstić information content (AvgIpc) is 3.32. The molecule has 2 aliphatic heterocycles. The van der Waals surface area contributed by atoms with Gasteiger partial charge < -0.3 is 21.0 Å². The summed E-state index contributed by atoms with van der Waals surface area (Å²) in [4.78, 5) is 36.4. The molecule has 0 radical (unpaired) electrons. The number of benzene rings is 1. The van der Waals surface area contributed by atoms with Gasteiger partial charge in [-0.25, -0.2) is 18.1 Å². The molecule has 1 aromatic carbocycles. The average molecular weight is 567 g/mol. The number of aromatic nitrogens is 1. The SMILES string of the molecule is CNS(=O)(=O)c1ccc(C)c(CC2=C(CO)N3C(=O)C(NC(=O)C(=NOC)c4csc(N)n4)C3SC2)c1. The molecule has 2 aromatic rings. The zero-order valence-corrected chi connectivity index (χ0v) is 22.7. The van der Waals surface area contributed by atoms with E-state index >= 15 is 0 Å². The molecule has 37 heavy (non-hydrogen) atoms. The number of β-lactam (4-membered cyclic amide) rings is 1. The van der Waals surface area contributed by atoms with E-state index < -0.39 is 27.3 Å². The van der Waals surface area contributed by atoms with Crippen LogP contribution in [0.5, 0.6) is 0 Å². The molecular weight excluding hydrogens is 540 g/mol. The maximum atomic E-state index is 13.1. The predicted octanol–water partition coefficient (Wildman–Crippen LogP) is 0.181. The van der Waals surface area contributed by atoms with Crippen LogP contribution in [0.2, 0.25) is 0 Å². The maximum absolute atomic E-state index is 13.1. The molecule has 3 heterocycles. The van der Waals surface area contributed by atoms with E-state index in [4.69, 9.17) is 10.6 Å². The van der Waals surface area contributed by atoms with Crippen LogP contribution >= 0.6 is 23.1 Å². The van der Waals surface area contributed by atoms with Gasteiger partial charge in [0.2, 0.25) is 10.0 Å². The van der Waals surface area contributed by atoms with E-state index in [0.717, 1.165) is 28.0 Å². The Labute approximate surface area is 222 Å². The third kappa shape index (κ3) is 5.22. The van der Waals surface area contributed by atoms with Crippen molar-refractivity contribution >= 4 is 55.8 Å². The number of aryl methyl sites for hydroxylation is 1. The predicted molar refractivity (Wildman–Crippen MR) is 140 cm³/mol. The minimum absolute atomic E-state index is 0.104. The number of aliphatic hydroxyl groups is 1. The number of amides is 2. The van der Waals surface area contributed by atoms with Crippen molar-refractivity contribution in [2.24, 2.45) is 5.16 Å². The van der Waals surface area contributed by atoms with Crippen molar-refractivity contribution < 1.29 is 28.0 Å². The zero-order valence-electron chi connectivity index (χ0n) is 20.2. The summed E-state index contributed by atoms with van der Waals surface area (Å²) >= 11 is 2.59. The van der Waals surface area contributed by atoms with Gasteiger partial charge in [0.1, 0.15) is 24.2 Å². The molecule has 0 spiro atoms. The number of rotatable bonds is 9. The van der Waals surface area contributed by atoms with Gasteiger partial charge in [0.15, 0.2) is 10.8 Å². The molecule has 0 saturated carbocycles. The fourth-order valence-electron chi connectivity index (χ4n) is 4.09. The second kappa shape index (κ2) is 10.8. The number of hydrogen-bond donors (Lipinski definition) is 4. The number of nitrogens with two attached hydrogens (primary N) is 1. The molecule has 2 aliphatic rings. The number of nitrogens with one attached hydrogen (secondary N) is 2. The van der Waals surface area contributed by atoms with Gasteiger partial charge in [0.05, 0.1) is 11.5 Å². The number of fused-ring (bicyclic) bond motifs is 1. The standard InChI is InChI=1S/C22H26N6O6S3/c1-11-4-5-14(37(32,33)24-2)7-12(11)6-13-9-35-21-18(20(31)28(21)16(13)8-29)26-19(30)17(27-34-3)15-10-36-22(23)25-15/h4-5,7,10,18,21,24,29H,6,8-9H2,1-3H3,(H2,23,25)(H,26,30). The second-order valence-electron chi connectivity index (χ2n) is 8.24. The van der Waals surface area contributed by atoms with Crippen LogP contribution < -0.4 is 15.8 Å². The van der Waals surface area contributed by atoms with Gasteiger partial charge in [-0.1, -0.05) is 11.2 Å². The number of aliphatic hydroxyl groups excluding tert-OH is 1. The number of carbonyl (C=O) groups excluding carboxylic acids is 2. The topological polar surface area (TPSA) is 176 Å². The van der Waals surface area contributed by atoms with E-state index in [0.29, 0.717) is 17.9 Å². The summed E-state index contributed by atoms with van der Waals surface area (Å²) in [7, 11) is -0.977. The van der Waals surface area contributed by atoms with E-state index in [1.54, 1.807) is 17.5 Å². The molecule has 198 valence electrons. The minimum atomic E-state index is -3.62. The van der Waals surface area contributed by atoms with Crippen molar-refractivity contribution in [3.63, 3.8) is 0 Å². The molecular formula is C22H26N6O6S3. The molecule has 5 N–H and O–H groups in total. The lowest BCUT2D eigenvalue weighted by atomic mass is 9.97. The second-order valence-corrected chi connectivity index (χ2v) is 12.1. The van der Waals surface area contributed by atoms with Crippen LogP contribution in [0, 0.1) is 6.92 Å². The summed E-state index contributed by atoms with van der Waals surface area (Å²) in [5.41, 5.74) is 8.72. The number of hydrogen-bond acceptors (Lipinski definition) is 11. The normalized spacial score (nSPS) is 19.9. The molecule has 12 nitrogen and oxygen atoms in total. The number of oxime groups is 1. The first kappa shape index (κ1) is 27.1. The van der Waals surface area contributed by atoms with Gasteiger partial charge in [-0.2, -0.15) is 0 Å². The Morgan fingerprint density at radius 2 is 2.16 bits per heavy atom. The van der Waals surface area contributed by atoms with Crippen LogP contribution in [0.3, 0.4) is 0 Å². The van der Waals surface area contributed by atoms with Gasteiger partial charge in [-0.15, -0.1) is 23.1 Å². The number of nitrogen functional groups attached to an aromatic ring is 1. The highest BCUT2D eigenvalue weighted by Gasteiger charge is 2.52. The Bertz CT molecular complexity index is 1400. The highest BCUT2D eigenvalue weighted by Crippen LogP contribution is 2.41. The Balaban J connectivity index is 1.54. The minimum Gasteiger partial charge on any atom is -0.398 e. The van der Waals surface area contributed by atoms with Gasteiger partial charge in [0.25, 0.3) is 11.8 Å². The Hall–Kier alpha value is -2.98. The lowest BCUT2D eigenvalue weighted by molar-refractivity contribution is -0.145. The lowest BCUT2D eigenvalue weighted by Crippen LogP contribution is -2.70. The third-order valence-corrected chi connectivity index (χ3v) is 9.50. The summed E-state index contributed by atoms with van der Waals surface area (Å²) in [5, 5.41) is 18.0. The zero-order chi connectivity index (χ0) is 26.9. The number of thioether (sulfide) groups is 1. The van der Waals surface area contributed by atoms with Crippen molar-refractivity contribution in [3.05, 3.63) is 51.7 Å². The van der Waals surface area contributed by atoms with Gasteiger partial charge in [-0.3, -0.25) is 14.5 Å². The van der Waals surface area contributed by atoms with Crippen LogP contribution in [0.4, 0.5) is 5.13 Å². The molecule has 0 aliphatic carbocycles. The summed E-state index contributed by atoms with van der Waals surface area (Å²) < 4.78 is 26.8. The fourth-order valence-corrected chi connectivity index (χ4v) is 6.82. The molecule has 2 unspecified atom stereocenters. The molecule has 2 atom stereocenters. The first-order chi connectivity index (χ1) is 17.6. The smallest absolute Gasteiger partial charge is 0.276 e. The first-order valence-corrected chi connectivity index (χ1v) is 14.4. The monoisotopic (exact) mass is 566 g/mol. The largest absolute Gasteiger partial charge is 0.398 e. The van der Waals surface area contributed by atoms with Crippen LogP contribution in [-0.4, -0.2) is 78.9 Å². The van der Waals surface area contributed by atoms with E-state index in [2.05, 4.69) is 20.2 Å². The first-order valence-electron chi connectivity index (χ1n) is 11.0. The molecule has 1 saturated heterocycles. The number of thiazole rings is 1. The molecule has 0 bridgehead atoms. The fraction of sp³-hybridized carbons (Fsp3) is 0.364. The highest BCUT2D eigenvalue weighted by atomic mass is 32.2. The molecule has 2 amide bonds. The molecule has 1 aromatic heterocycles. The van der Waals surface area contributed by atoms with Gasteiger partial charge in [-0.05, 0) is 49.2 Å². The van der Waals surface area contributed by atoms with Crippen molar-refractivity contribution in [1.82, 2.24) is 19.9 Å². The van der Waals surface area contributed by atoms with Crippen molar-refractivity contribution in [2.75, 3.05) is 32.3 Å². The van der Waals surface area contributed by atoms with Gasteiger partial charge >= 0.3 is 0 Å². The quantitative estimate of drug-likeness (QED) is 0.187. The van der Waals surface area contributed by atoms with E-state index in [1.165, 1.54) is 36.9 Å². The van der Waals surface area contributed by atoms with Crippen molar-refractivity contribution in [2.45, 2.75) is 29.7 Å². The molecule has 15 heteroatoms. The number of carbonyl (C=O) groups is 2. The maximum Gasteiger partial charge on any atom is 0.276 e. The Morgan fingerprint density at radius 1 is 1.41 bits per heavy atom. The van der Waals surface area contributed by atoms with Crippen LogP contribution in [0.15, 0.2) is 44.9 Å². The van der Waals surface area contributed by atoms with Gasteiger partial charge in [0, 0.05) is 16.8 Å². The van der Waals surface area contributed by atoms with Crippen LogP contribution in [0.25, 0.3) is 0 Å². The third-order valence-electron chi connectivity index (χ3n) is 6.07. The summed E-state index contributed by atoms with van der Waals surface area (Å²) in [5.74, 6) is -0.519. The summed E-state index contributed by atoms with van der Waals surface area (Å²) in [6.07, 6.45) is 0.366. The van der Waals surface area contributed by atoms with E-state index in [-0.39, 0.29) is 33.9 Å². The van der Waals surface area contributed by atoms with Crippen molar-refractivity contribution in [1.29, 1.82) is 0 Å². The van der Waals surface area contributed by atoms with E-state index in [1.807, 2.05) is 6.92 Å². The lowest BCUT2D eigenvalue weighted by Gasteiger charge is -2.50. The number of sulfonamides is 1. The Kier molecular flexibility index (Phi) is 7.89. The molecule has 4 rings (SSSR count).